The maximum Gasteiger partial charge on any atom is 0.335 e. The van der Waals surface area contributed by atoms with E-state index < -0.39 is 23.7 Å². The highest BCUT2D eigenvalue weighted by Crippen LogP contribution is 2.30. The molecule has 1 saturated heterocycles. The number of methoxy groups -OCH3 is 1. The monoisotopic (exact) mass is 474 g/mol. The van der Waals surface area contributed by atoms with Crippen molar-refractivity contribution >= 4 is 29.6 Å². The summed E-state index contributed by atoms with van der Waals surface area (Å²) in [6, 6.07) is 15.5. The average molecular weight is 474 g/mol. The molecule has 0 saturated carbocycles. The zero-order valence-electron chi connectivity index (χ0n) is 19.4. The van der Waals surface area contributed by atoms with E-state index in [1.54, 1.807) is 55.5 Å². The van der Waals surface area contributed by atoms with Crippen LogP contribution in [0, 0.1) is 19.7 Å². The molecule has 3 aromatic rings. The molecular weight excluding hydrogens is 451 g/mol. The Morgan fingerprint density at radius 3 is 2.49 bits per heavy atom. The molecule has 1 aliphatic heterocycles. The highest BCUT2D eigenvalue weighted by Gasteiger charge is 2.37. The van der Waals surface area contributed by atoms with Crippen molar-refractivity contribution in [3.8, 4) is 11.5 Å². The summed E-state index contributed by atoms with van der Waals surface area (Å²) in [5.74, 6) is -1.25. The van der Waals surface area contributed by atoms with Crippen LogP contribution in [0.4, 0.5) is 14.9 Å². The Kier molecular flexibility index (Phi) is 6.64. The third kappa shape index (κ3) is 4.91. The molecule has 1 N–H and O–H groups in total. The van der Waals surface area contributed by atoms with Crippen LogP contribution in [0.15, 0.2) is 66.2 Å². The second kappa shape index (κ2) is 9.80. The van der Waals surface area contributed by atoms with Gasteiger partial charge in [0.15, 0.2) is 0 Å². The molecule has 0 unspecified atom stereocenters. The number of nitrogens with zero attached hydrogens (tertiary/aromatic N) is 1. The van der Waals surface area contributed by atoms with E-state index in [1.807, 2.05) is 13.0 Å². The van der Waals surface area contributed by atoms with Gasteiger partial charge in [-0.15, -0.1) is 0 Å². The summed E-state index contributed by atoms with van der Waals surface area (Å²) in [5.41, 5.74) is 2.54. The molecule has 4 rings (SSSR count). The number of aryl methyl sites for hydroxylation is 2. The van der Waals surface area contributed by atoms with E-state index in [0.29, 0.717) is 28.1 Å². The molecule has 35 heavy (non-hydrogen) atoms. The number of anilines is 1. The molecule has 0 spiro atoms. The zero-order valence-corrected chi connectivity index (χ0v) is 19.4. The third-order valence-corrected chi connectivity index (χ3v) is 5.56. The van der Waals surface area contributed by atoms with Gasteiger partial charge in [0.05, 0.1) is 12.8 Å². The number of amides is 4. The lowest BCUT2D eigenvalue weighted by Gasteiger charge is -2.27. The van der Waals surface area contributed by atoms with Crippen LogP contribution < -0.4 is 19.7 Å². The summed E-state index contributed by atoms with van der Waals surface area (Å²) in [7, 11) is 1.49. The first-order chi connectivity index (χ1) is 16.8. The van der Waals surface area contributed by atoms with Crippen molar-refractivity contribution in [1.29, 1.82) is 0 Å². The van der Waals surface area contributed by atoms with E-state index in [-0.39, 0.29) is 17.9 Å². The number of nitrogens with one attached hydrogen (secondary N) is 1. The van der Waals surface area contributed by atoms with Crippen LogP contribution in [0.3, 0.4) is 0 Å². The molecule has 1 fully saturated rings. The molecule has 1 heterocycles. The van der Waals surface area contributed by atoms with Gasteiger partial charge in [-0.1, -0.05) is 35.9 Å². The topological polar surface area (TPSA) is 84.9 Å². The molecule has 0 bridgehead atoms. The van der Waals surface area contributed by atoms with Crippen molar-refractivity contribution in [3.63, 3.8) is 0 Å². The molecule has 0 aromatic heterocycles. The molecule has 1 aliphatic rings. The number of carbonyl (C=O) groups is 3. The Labute approximate surface area is 201 Å². The van der Waals surface area contributed by atoms with Crippen molar-refractivity contribution in [1.82, 2.24) is 5.32 Å². The molecule has 3 aromatic carbocycles. The van der Waals surface area contributed by atoms with E-state index in [0.717, 1.165) is 10.5 Å². The van der Waals surface area contributed by atoms with Gasteiger partial charge in [0.25, 0.3) is 11.8 Å². The lowest BCUT2D eigenvalue weighted by molar-refractivity contribution is -0.122. The van der Waals surface area contributed by atoms with Gasteiger partial charge < -0.3 is 9.47 Å². The Balaban J connectivity index is 1.71. The minimum atomic E-state index is -0.824. The van der Waals surface area contributed by atoms with Crippen molar-refractivity contribution in [2.24, 2.45) is 0 Å². The minimum absolute atomic E-state index is 0.0800. The van der Waals surface area contributed by atoms with E-state index in [1.165, 1.54) is 19.3 Å². The molecule has 0 atom stereocenters. The smallest absolute Gasteiger partial charge is 0.335 e. The minimum Gasteiger partial charge on any atom is -0.497 e. The SMILES string of the molecule is COc1ccc(/C=C2\C(=O)NC(=O)N(c3ccc(C)cc3C)C2=O)c(OCc2ccccc2F)c1. The Bertz CT molecular complexity index is 1370. The van der Waals surface area contributed by atoms with Crippen molar-refractivity contribution in [2.45, 2.75) is 20.5 Å². The first-order valence-corrected chi connectivity index (χ1v) is 10.8. The fourth-order valence-corrected chi connectivity index (χ4v) is 3.74. The average Bonchev–Trinajstić information content (AvgIpc) is 2.83. The summed E-state index contributed by atoms with van der Waals surface area (Å²) in [5, 5.41) is 2.22. The van der Waals surface area contributed by atoms with Crippen LogP contribution in [0.25, 0.3) is 6.08 Å². The zero-order chi connectivity index (χ0) is 25.1. The Morgan fingerprint density at radius 2 is 1.77 bits per heavy atom. The predicted octanol–water partition coefficient (Wildman–Crippen LogP) is 4.70. The largest absolute Gasteiger partial charge is 0.497 e. The quantitative estimate of drug-likeness (QED) is 0.414. The third-order valence-electron chi connectivity index (χ3n) is 5.56. The summed E-state index contributed by atoms with van der Waals surface area (Å²) in [6.45, 7) is 3.60. The molecule has 8 heteroatoms. The van der Waals surface area contributed by atoms with E-state index in [9.17, 15) is 18.8 Å². The Hall–Kier alpha value is -4.46. The highest BCUT2D eigenvalue weighted by atomic mass is 19.1. The molecule has 0 aliphatic carbocycles. The fourth-order valence-electron chi connectivity index (χ4n) is 3.74. The van der Waals surface area contributed by atoms with Gasteiger partial charge in [0.2, 0.25) is 0 Å². The molecule has 178 valence electrons. The van der Waals surface area contributed by atoms with Crippen LogP contribution in [-0.4, -0.2) is 25.0 Å². The number of halogens is 1. The summed E-state index contributed by atoms with van der Waals surface area (Å²) >= 11 is 0. The van der Waals surface area contributed by atoms with Gasteiger partial charge in [0.1, 0.15) is 29.5 Å². The summed E-state index contributed by atoms with van der Waals surface area (Å²) in [6.07, 6.45) is 1.34. The van der Waals surface area contributed by atoms with E-state index in [2.05, 4.69) is 5.32 Å². The predicted molar refractivity (Wildman–Crippen MR) is 129 cm³/mol. The second-order valence-electron chi connectivity index (χ2n) is 8.03. The Morgan fingerprint density at radius 1 is 1.00 bits per heavy atom. The van der Waals surface area contributed by atoms with Crippen LogP contribution in [0.5, 0.6) is 11.5 Å². The molecule has 0 radical (unpaired) electrons. The lowest BCUT2D eigenvalue weighted by Crippen LogP contribution is -2.54. The van der Waals surface area contributed by atoms with Crippen LogP contribution >= 0.6 is 0 Å². The van der Waals surface area contributed by atoms with Gasteiger partial charge in [-0.25, -0.2) is 14.1 Å². The van der Waals surface area contributed by atoms with Gasteiger partial charge in [-0.2, -0.15) is 0 Å². The number of imide groups is 2. The molecule has 4 amide bonds. The number of ether oxygens (including phenoxy) is 2. The van der Waals surface area contributed by atoms with E-state index >= 15 is 0 Å². The second-order valence-corrected chi connectivity index (χ2v) is 8.03. The summed E-state index contributed by atoms with van der Waals surface area (Å²) < 4.78 is 25.2. The van der Waals surface area contributed by atoms with Crippen molar-refractivity contribution < 1.29 is 28.2 Å². The lowest BCUT2D eigenvalue weighted by atomic mass is 10.0. The maximum atomic E-state index is 14.1. The number of hydrogen-bond acceptors (Lipinski definition) is 5. The number of urea groups is 1. The molecule has 7 nitrogen and oxygen atoms in total. The highest BCUT2D eigenvalue weighted by molar-refractivity contribution is 6.39. The van der Waals surface area contributed by atoms with Crippen molar-refractivity contribution in [2.75, 3.05) is 12.0 Å². The molecular formula is C27H23FN2O5. The van der Waals surface area contributed by atoms with Crippen LogP contribution in [0.1, 0.15) is 22.3 Å². The number of rotatable bonds is 6. The first-order valence-electron chi connectivity index (χ1n) is 10.8. The van der Waals surface area contributed by atoms with Crippen molar-refractivity contribution in [3.05, 3.63) is 94.3 Å². The van der Waals surface area contributed by atoms with Gasteiger partial charge in [-0.3, -0.25) is 14.9 Å². The van der Waals surface area contributed by atoms with Gasteiger partial charge in [0, 0.05) is 17.2 Å². The normalized spacial score (nSPS) is 14.8. The van der Waals surface area contributed by atoms with Gasteiger partial charge >= 0.3 is 6.03 Å². The number of barbiturate groups is 1. The van der Waals surface area contributed by atoms with Gasteiger partial charge in [-0.05, 0) is 49.8 Å². The number of hydrogen-bond donors (Lipinski definition) is 1. The summed E-state index contributed by atoms with van der Waals surface area (Å²) in [4.78, 5) is 39.4. The van der Waals surface area contributed by atoms with E-state index in [4.69, 9.17) is 9.47 Å². The number of benzene rings is 3. The van der Waals surface area contributed by atoms with Crippen LogP contribution in [0.2, 0.25) is 0 Å². The van der Waals surface area contributed by atoms with Crippen LogP contribution in [-0.2, 0) is 16.2 Å². The maximum absolute atomic E-state index is 14.1. The fraction of sp³-hybridized carbons (Fsp3) is 0.148. The number of carbonyl (C=O) groups excluding carboxylic acids is 3. The standard InChI is InChI=1S/C27H23FN2O5/c1-16-8-11-23(17(2)12-16)30-26(32)21(25(31)29-27(30)33)13-18-9-10-20(34-3)14-24(18)35-15-19-6-4-5-7-22(19)28/h4-14H,15H2,1-3H3,(H,29,31,33)/b21-13+. The first kappa shape index (κ1) is 23.7.